The van der Waals surface area contributed by atoms with Gasteiger partial charge in [-0.05, 0) is 80.1 Å². The number of benzene rings is 1. The fourth-order valence-electron chi connectivity index (χ4n) is 2.68. The van der Waals surface area contributed by atoms with E-state index in [0.29, 0.717) is 30.6 Å². The van der Waals surface area contributed by atoms with Crippen molar-refractivity contribution >= 4 is 33.6 Å². The standard InChI is InChI=1S/C18H25BrClNO3/c1-12-9-14(20)10-15(19)16(12)23-11-13-5-7-21(8-6-13)17(22)24-18(2,3)4/h9-10,13H,5-8,11H2,1-4H3. The van der Waals surface area contributed by atoms with E-state index in [1.54, 1.807) is 4.90 Å². The fourth-order valence-corrected chi connectivity index (χ4v) is 3.76. The number of hydrogen-bond acceptors (Lipinski definition) is 3. The summed E-state index contributed by atoms with van der Waals surface area (Å²) in [5.41, 5.74) is 0.565. The number of carbonyl (C=O) groups excluding carboxylic acids is 1. The number of nitrogens with zero attached hydrogens (tertiary/aromatic N) is 1. The molecule has 1 aliphatic heterocycles. The lowest BCUT2D eigenvalue weighted by Gasteiger charge is -2.33. The van der Waals surface area contributed by atoms with Crippen molar-refractivity contribution in [3.8, 4) is 5.75 Å². The minimum absolute atomic E-state index is 0.224. The number of carbonyl (C=O) groups is 1. The maximum absolute atomic E-state index is 12.1. The molecule has 0 radical (unpaired) electrons. The second-order valence-corrected chi connectivity index (χ2v) is 8.55. The smallest absolute Gasteiger partial charge is 0.410 e. The first-order valence-corrected chi connectivity index (χ1v) is 9.39. The van der Waals surface area contributed by atoms with Gasteiger partial charge in [0.15, 0.2) is 0 Å². The van der Waals surface area contributed by atoms with Crippen LogP contribution in [0.5, 0.6) is 5.75 Å². The lowest BCUT2D eigenvalue weighted by Crippen LogP contribution is -2.42. The van der Waals surface area contributed by atoms with E-state index in [2.05, 4.69) is 15.9 Å². The molecule has 0 atom stereocenters. The van der Waals surface area contributed by atoms with Gasteiger partial charge in [-0.1, -0.05) is 11.6 Å². The van der Waals surface area contributed by atoms with Crippen molar-refractivity contribution in [2.45, 2.75) is 46.1 Å². The van der Waals surface area contributed by atoms with Crippen molar-refractivity contribution < 1.29 is 14.3 Å². The molecule has 1 amide bonds. The Balaban J connectivity index is 1.83. The Morgan fingerprint density at radius 2 is 1.96 bits per heavy atom. The van der Waals surface area contributed by atoms with Crippen molar-refractivity contribution in [2.24, 2.45) is 5.92 Å². The van der Waals surface area contributed by atoms with Crippen molar-refractivity contribution in [1.29, 1.82) is 0 Å². The average molecular weight is 419 g/mol. The monoisotopic (exact) mass is 417 g/mol. The van der Waals surface area contributed by atoms with Gasteiger partial charge < -0.3 is 14.4 Å². The van der Waals surface area contributed by atoms with Gasteiger partial charge in [0.25, 0.3) is 0 Å². The summed E-state index contributed by atoms with van der Waals surface area (Å²) in [4.78, 5) is 13.9. The van der Waals surface area contributed by atoms with Crippen molar-refractivity contribution in [1.82, 2.24) is 4.90 Å². The van der Waals surface area contributed by atoms with Gasteiger partial charge in [-0.15, -0.1) is 0 Å². The number of rotatable bonds is 3. The van der Waals surface area contributed by atoms with Gasteiger partial charge in [-0.25, -0.2) is 4.79 Å². The summed E-state index contributed by atoms with van der Waals surface area (Å²) in [6.07, 6.45) is 1.62. The van der Waals surface area contributed by atoms with Gasteiger partial charge in [0, 0.05) is 18.1 Å². The molecule has 0 aliphatic carbocycles. The summed E-state index contributed by atoms with van der Waals surface area (Å²) in [5, 5.41) is 0.692. The molecule has 1 saturated heterocycles. The maximum Gasteiger partial charge on any atom is 0.410 e. The van der Waals surface area contributed by atoms with Crippen LogP contribution in [0, 0.1) is 12.8 Å². The van der Waals surface area contributed by atoms with E-state index in [0.717, 1.165) is 28.6 Å². The zero-order valence-corrected chi connectivity index (χ0v) is 17.0. The molecule has 134 valence electrons. The molecule has 1 aliphatic rings. The van der Waals surface area contributed by atoms with Crippen LogP contribution in [0.3, 0.4) is 0 Å². The Morgan fingerprint density at radius 1 is 1.33 bits per heavy atom. The molecular formula is C18H25BrClNO3. The molecule has 1 fully saturated rings. The van der Waals surface area contributed by atoms with Crippen molar-refractivity contribution in [2.75, 3.05) is 19.7 Å². The Labute approximate surface area is 157 Å². The molecule has 0 aromatic heterocycles. The highest BCUT2D eigenvalue weighted by molar-refractivity contribution is 9.10. The Bertz CT molecular complexity index is 569. The number of hydrogen-bond donors (Lipinski definition) is 0. The number of halogens is 2. The molecule has 0 unspecified atom stereocenters. The van der Waals surface area contributed by atoms with Gasteiger partial charge in [-0.3, -0.25) is 0 Å². The lowest BCUT2D eigenvalue weighted by atomic mass is 9.98. The minimum atomic E-state index is -0.449. The lowest BCUT2D eigenvalue weighted by molar-refractivity contribution is 0.0164. The van der Waals surface area contributed by atoms with Crippen LogP contribution in [-0.2, 0) is 4.74 Å². The maximum atomic E-state index is 12.1. The third-order valence-corrected chi connectivity index (χ3v) is 4.73. The summed E-state index contributed by atoms with van der Waals surface area (Å²) < 4.78 is 12.3. The molecule has 1 heterocycles. The van der Waals surface area contributed by atoms with E-state index in [4.69, 9.17) is 21.1 Å². The first-order valence-electron chi connectivity index (χ1n) is 8.22. The quantitative estimate of drug-likeness (QED) is 0.656. The molecule has 4 nitrogen and oxygen atoms in total. The van der Waals surface area contributed by atoms with Crippen molar-refractivity contribution in [3.63, 3.8) is 0 Å². The zero-order valence-electron chi connectivity index (χ0n) is 14.7. The predicted octanol–water partition coefficient (Wildman–Crippen LogP) is 5.44. The summed E-state index contributed by atoms with van der Waals surface area (Å²) in [5.74, 6) is 1.28. The van der Waals surface area contributed by atoms with Crippen molar-refractivity contribution in [3.05, 3.63) is 27.2 Å². The second-order valence-electron chi connectivity index (χ2n) is 7.26. The third kappa shape index (κ3) is 5.55. The molecule has 6 heteroatoms. The predicted molar refractivity (Wildman–Crippen MR) is 99.9 cm³/mol. The zero-order chi connectivity index (χ0) is 17.9. The van der Waals surface area contributed by atoms with E-state index < -0.39 is 5.60 Å². The van der Waals surface area contributed by atoms with Gasteiger partial charge in [-0.2, -0.15) is 0 Å². The molecule has 0 N–H and O–H groups in total. The highest BCUT2D eigenvalue weighted by Crippen LogP contribution is 2.33. The third-order valence-electron chi connectivity index (χ3n) is 3.92. The summed E-state index contributed by atoms with van der Waals surface area (Å²) in [7, 11) is 0. The summed E-state index contributed by atoms with van der Waals surface area (Å²) >= 11 is 9.53. The Hall–Kier alpha value is -0.940. The highest BCUT2D eigenvalue weighted by atomic mass is 79.9. The van der Waals surface area contributed by atoms with Gasteiger partial charge in [0.05, 0.1) is 11.1 Å². The molecule has 2 rings (SSSR count). The van der Waals surface area contributed by atoms with E-state index >= 15 is 0 Å². The van der Waals surface area contributed by atoms with Crippen LogP contribution in [0.1, 0.15) is 39.2 Å². The number of amides is 1. The minimum Gasteiger partial charge on any atom is -0.492 e. The largest absolute Gasteiger partial charge is 0.492 e. The van der Waals surface area contributed by atoms with Crippen LogP contribution in [0.4, 0.5) is 4.79 Å². The van der Waals surface area contributed by atoms with Crippen LogP contribution in [0.2, 0.25) is 5.02 Å². The van der Waals surface area contributed by atoms with Gasteiger partial charge in [0.1, 0.15) is 11.4 Å². The molecule has 24 heavy (non-hydrogen) atoms. The fraction of sp³-hybridized carbons (Fsp3) is 0.611. The highest BCUT2D eigenvalue weighted by Gasteiger charge is 2.27. The first-order chi connectivity index (χ1) is 11.2. The van der Waals surface area contributed by atoms with Crippen LogP contribution in [0.25, 0.3) is 0 Å². The SMILES string of the molecule is Cc1cc(Cl)cc(Br)c1OCC1CCN(C(=O)OC(C)(C)C)CC1. The van der Waals surface area contributed by atoms with Crippen LogP contribution >= 0.6 is 27.5 Å². The van der Waals surface area contributed by atoms with E-state index in [1.165, 1.54) is 0 Å². The molecule has 0 spiro atoms. The Kier molecular flexibility index (Phi) is 6.43. The number of ether oxygens (including phenoxy) is 2. The first kappa shape index (κ1) is 19.4. The summed E-state index contributed by atoms with van der Waals surface area (Å²) in [6.45, 7) is 9.71. The normalized spacial score (nSPS) is 16.2. The topological polar surface area (TPSA) is 38.8 Å². The van der Waals surface area contributed by atoms with Crippen LogP contribution in [0.15, 0.2) is 16.6 Å². The van der Waals surface area contributed by atoms with Gasteiger partial charge in [0.2, 0.25) is 0 Å². The number of piperidine rings is 1. The van der Waals surface area contributed by atoms with Gasteiger partial charge >= 0.3 is 6.09 Å². The molecule has 1 aromatic rings. The second kappa shape index (κ2) is 7.96. The van der Waals surface area contributed by atoms with E-state index in [1.807, 2.05) is 39.8 Å². The molecule has 1 aromatic carbocycles. The van der Waals surface area contributed by atoms with E-state index in [-0.39, 0.29) is 6.09 Å². The molecular weight excluding hydrogens is 394 g/mol. The van der Waals surface area contributed by atoms with E-state index in [9.17, 15) is 4.79 Å². The summed E-state index contributed by atoms with van der Waals surface area (Å²) in [6, 6.07) is 3.74. The molecule has 0 bridgehead atoms. The Morgan fingerprint density at radius 3 is 2.50 bits per heavy atom. The number of aryl methyl sites for hydroxylation is 1. The van der Waals surface area contributed by atoms with Crippen LogP contribution in [-0.4, -0.2) is 36.3 Å². The molecule has 0 saturated carbocycles. The number of likely N-dealkylation sites (tertiary alicyclic amines) is 1. The average Bonchev–Trinajstić information content (AvgIpc) is 2.45. The van der Waals surface area contributed by atoms with Crippen LogP contribution < -0.4 is 4.74 Å².